The highest BCUT2D eigenvalue weighted by Gasteiger charge is 2.18. The minimum absolute atomic E-state index is 0.0438. The second kappa shape index (κ2) is 7.18. The van der Waals surface area contributed by atoms with Crippen LogP contribution in [0.4, 0.5) is 5.69 Å². The molecule has 7 nitrogen and oxygen atoms in total. The molecule has 0 spiro atoms. The summed E-state index contributed by atoms with van der Waals surface area (Å²) in [6.45, 7) is 0. The molecule has 0 aliphatic rings. The Hall–Kier alpha value is -2.15. The van der Waals surface area contributed by atoms with E-state index in [4.69, 9.17) is 9.47 Å². The van der Waals surface area contributed by atoms with Crippen molar-refractivity contribution >= 4 is 12.0 Å². The molecular formula is C10H14N2O5. The minimum Gasteiger partial charge on any atom is -0.493 e. The fraction of sp³-hybridized carbons (Fsp3) is 0.300. The highest BCUT2D eigenvalue weighted by atomic mass is 16.6. The quantitative estimate of drug-likeness (QED) is 0.479. The van der Waals surface area contributed by atoms with Crippen molar-refractivity contribution in [3.8, 4) is 11.5 Å². The van der Waals surface area contributed by atoms with E-state index in [0.717, 1.165) is 6.07 Å². The third kappa shape index (κ3) is 3.42. The maximum absolute atomic E-state index is 10.6. The summed E-state index contributed by atoms with van der Waals surface area (Å²) < 4.78 is 9.79. The van der Waals surface area contributed by atoms with Crippen molar-refractivity contribution in [3.63, 3.8) is 0 Å². The first-order valence-electron chi connectivity index (χ1n) is 4.57. The largest absolute Gasteiger partial charge is 0.493 e. The topological polar surface area (TPSA) is 105 Å². The Labute approximate surface area is 98.3 Å². The van der Waals surface area contributed by atoms with Crippen LogP contribution in [0.1, 0.15) is 10.4 Å². The molecule has 0 heterocycles. The molecule has 2 N–H and O–H groups in total. The van der Waals surface area contributed by atoms with Crippen LogP contribution in [0.25, 0.3) is 0 Å². The number of rotatable bonds is 4. The average molecular weight is 242 g/mol. The molecule has 0 aliphatic carbocycles. The number of nitrogens with zero attached hydrogens (tertiary/aromatic N) is 1. The Morgan fingerprint density at radius 2 is 1.71 bits per heavy atom. The zero-order valence-electron chi connectivity index (χ0n) is 9.80. The Balaban J connectivity index is 0.00000121. The molecule has 0 fully saturated rings. The molecule has 0 unspecified atom stereocenters. The molecule has 0 atom stereocenters. The van der Waals surface area contributed by atoms with E-state index in [1.54, 1.807) is 0 Å². The maximum atomic E-state index is 10.6. The van der Waals surface area contributed by atoms with Crippen molar-refractivity contribution in [2.45, 2.75) is 0 Å². The first kappa shape index (κ1) is 14.8. The van der Waals surface area contributed by atoms with Gasteiger partial charge in [-0.05, 0) is 7.05 Å². The molecule has 1 rings (SSSR count). The average Bonchev–Trinajstić information content (AvgIpc) is 2.39. The SMILES string of the molecule is CN.COc1cc(C=O)c([N+](=O)[O-])cc1OC. The molecule has 0 radical (unpaired) electrons. The number of nitro benzene ring substituents is 1. The Bertz CT molecular complexity index is 406. The first-order chi connectivity index (χ1) is 8.13. The molecule has 94 valence electrons. The standard InChI is InChI=1S/C9H9NO5.CH5N/c1-14-8-3-6(5-11)7(10(12)13)4-9(8)15-2;1-2/h3-5H,1-2H3;2H2,1H3. The van der Waals surface area contributed by atoms with E-state index in [0.29, 0.717) is 6.29 Å². The van der Waals surface area contributed by atoms with E-state index in [1.165, 1.54) is 27.3 Å². The molecular weight excluding hydrogens is 228 g/mol. The molecule has 0 aliphatic heterocycles. The van der Waals surface area contributed by atoms with Crippen LogP contribution in [0.3, 0.4) is 0 Å². The number of carbonyl (C=O) groups excluding carboxylic acids is 1. The van der Waals surface area contributed by atoms with Crippen molar-refractivity contribution in [1.29, 1.82) is 0 Å². The normalized spacial score (nSPS) is 8.71. The lowest BCUT2D eigenvalue weighted by Crippen LogP contribution is -1.98. The van der Waals surface area contributed by atoms with E-state index in [-0.39, 0.29) is 22.7 Å². The van der Waals surface area contributed by atoms with Crippen LogP contribution in [0, 0.1) is 10.1 Å². The van der Waals surface area contributed by atoms with Gasteiger partial charge in [0, 0.05) is 6.07 Å². The number of benzene rings is 1. The molecule has 17 heavy (non-hydrogen) atoms. The summed E-state index contributed by atoms with van der Waals surface area (Å²) >= 11 is 0. The van der Waals surface area contributed by atoms with E-state index in [2.05, 4.69) is 5.73 Å². The summed E-state index contributed by atoms with van der Waals surface area (Å²) in [6.07, 6.45) is 0.403. The van der Waals surface area contributed by atoms with Crippen LogP contribution in [0.5, 0.6) is 11.5 Å². The second-order valence-corrected chi connectivity index (χ2v) is 2.64. The number of nitrogens with two attached hydrogens (primary N) is 1. The Morgan fingerprint density at radius 3 is 2.06 bits per heavy atom. The summed E-state index contributed by atoms with van der Waals surface area (Å²) in [7, 11) is 4.25. The van der Waals surface area contributed by atoms with Gasteiger partial charge in [-0.25, -0.2) is 0 Å². The van der Waals surface area contributed by atoms with Gasteiger partial charge >= 0.3 is 0 Å². The van der Waals surface area contributed by atoms with Crippen molar-refractivity contribution < 1.29 is 19.2 Å². The lowest BCUT2D eigenvalue weighted by Gasteiger charge is -2.07. The molecule has 0 bridgehead atoms. The maximum Gasteiger partial charge on any atom is 0.283 e. The zero-order valence-corrected chi connectivity index (χ0v) is 9.80. The van der Waals surface area contributed by atoms with Gasteiger partial charge in [-0.2, -0.15) is 0 Å². The van der Waals surface area contributed by atoms with Gasteiger partial charge in [-0.15, -0.1) is 0 Å². The monoisotopic (exact) mass is 242 g/mol. The number of nitro groups is 1. The van der Waals surface area contributed by atoms with E-state index in [1.807, 2.05) is 0 Å². The van der Waals surface area contributed by atoms with Gasteiger partial charge in [0.2, 0.25) is 0 Å². The number of methoxy groups -OCH3 is 2. The smallest absolute Gasteiger partial charge is 0.283 e. The molecule has 1 aromatic carbocycles. The predicted octanol–water partition coefficient (Wildman–Crippen LogP) is 0.999. The minimum atomic E-state index is -0.647. The highest BCUT2D eigenvalue weighted by molar-refractivity contribution is 5.83. The predicted molar refractivity (Wildman–Crippen MR) is 61.7 cm³/mol. The number of hydrogen-bond acceptors (Lipinski definition) is 6. The van der Waals surface area contributed by atoms with Gasteiger partial charge in [0.25, 0.3) is 5.69 Å². The van der Waals surface area contributed by atoms with Gasteiger partial charge in [0.15, 0.2) is 17.8 Å². The summed E-state index contributed by atoms with van der Waals surface area (Å²) in [5.74, 6) is 0.500. The van der Waals surface area contributed by atoms with E-state index < -0.39 is 4.92 Å². The van der Waals surface area contributed by atoms with Gasteiger partial charge in [0.1, 0.15) is 0 Å². The fourth-order valence-corrected chi connectivity index (χ4v) is 1.14. The van der Waals surface area contributed by atoms with Crippen molar-refractivity contribution in [1.82, 2.24) is 0 Å². The molecule has 0 saturated heterocycles. The van der Waals surface area contributed by atoms with Crippen LogP contribution in [0.15, 0.2) is 12.1 Å². The summed E-state index contributed by atoms with van der Waals surface area (Å²) in [4.78, 5) is 20.6. The van der Waals surface area contributed by atoms with Crippen LogP contribution in [-0.4, -0.2) is 32.5 Å². The fourth-order valence-electron chi connectivity index (χ4n) is 1.14. The van der Waals surface area contributed by atoms with Crippen molar-refractivity contribution in [2.24, 2.45) is 5.73 Å². The highest BCUT2D eigenvalue weighted by Crippen LogP contribution is 2.33. The number of ether oxygens (including phenoxy) is 2. The third-order valence-corrected chi connectivity index (χ3v) is 1.86. The van der Waals surface area contributed by atoms with Gasteiger partial charge < -0.3 is 15.2 Å². The van der Waals surface area contributed by atoms with Gasteiger partial charge in [-0.3, -0.25) is 14.9 Å². The van der Waals surface area contributed by atoms with Crippen LogP contribution in [-0.2, 0) is 0 Å². The number of aldehydes is 1. The second-order valence-electron chi connectivity index (χ2n) is 2.64. The van der Waals surface area contributed by atoms with Crippen LogP contribution < -0.4 is 15.2 Å². The third-order valence-electron chi connectivity index (χ3n) is 1.86. The van der Waals surface area contributed by atoms with Gasteiger partial charge in [0.05, 0.1) is 30.8 Å². The summed E-state index contributed by atoms with van der Waals surface area (Å²) in [6, 6.07) is 2.42. The molecule has 0 aromatic heterocycles. The molecule has 0 amide bonds. The Kier molecular flexibility index (Phi) is 6.27. The van der Waals surface area contributed by atoms with Crippen molar-refractivity contribution in [2.75, 3.05) is 21.3 Å². The van der Waals surface area contributed by atoms with Crippen LogP contribution in [0.2, 0.25) is 0 Å². The van der Waals surface area contributed by atoms with E-state index >= 15 is 0 Å². The van der Waals surface area contributed by atoms with Crippen molar-refractivity contribution in [3.05, 3.63) is 27.8 Å². The van der Waals surface area contributed by atoms with Gasteiger partial charge in [-0.1, -0.05) is 0 Å². The summed E-state index contributed by atoms with van der Waals surface area (Å²) in [5.41, 5.74) is 4.15. The lowest BCUT2D eigenvalue weighted by atomic mass is 10.1. The number of carbonyl (C=O) groups is 1. The Morgan fingerprint density at radius 1 is 1.24 bits per heavy atom. The molecule has 7 heteroatoms. The van der Waals surface area contributed by atoms with E-state index in [9.17, 15) is 14.9 Å². The molecule has 0 saturated carbocycles. The molecule has 1 aromatic rings. The lowest BCUT2D eigenvalue weighted by molar-refractivity contribution is -0.385. The van der Waals surface area contributed by atoms with Crippen LogP contribution >= 0.6 is 0 Å². The first-order valence-corrected chi connectivity index (χ1v) is 4.57. The summed E-state index contributed by atoms with van der Waals surface area (Å²) in [5, 5.41) is 10.6. The zero-order chi connectivity index (χ0) is 13.4. The number of hydrogen-bond donors (Lipinski definition) is 1.